The van der Waals surface area contributed by atoms with E-state index < -0.39 is 23.8 Å². The van der Waals surface area contributed by atoms with Gasteiger partial charge in [-0.3, -0.25) is 0 Å². The van der Waals surface area contributed by atoms with E-state index >= 15 is 0 Å². The Bertz CT molecular complexity index is 239. The molecule has 0 rings (SSSR count). The molecule has 0 fully saturated rings. The van der Waals surface area contributed by atoms with E-state index in [2.05, 4.69) is 4.74 Å². The molecular formula is C7H7F5O2. The summed E-state index contributed by atoms with van der Waals surface area (Å²) in [6, 6.07) is 0. The monoisotopic (exact) mass is 218 g/mol. The van der Waals surface area contributed by atoms with E-state index in [0.717, 1.165) is 0 Å². The second-order valence-corrected chi connectivity index (χ2v) is 2.27. The quantitative estimate of drug-likeness (QED) is 0.413. The van der Waals surface area contributed by atoms with Gasteiger partial charge in [-0.2, -0.15) is 22.0 Å². The number of rotatable bonds is 3. The van der Waals surface area contributed by atoms with E-state index in [1.165, 1.54) is 6.92 Å². The Morgan fingerprint density at radius 1 is 1.29 bits per heavy atom. The molecule has 0 aromatic rings. The van der Waals surface area contributed by atoms with Gasteiger partial charge in [-0.15, -0.1) is 0 Å². The van der Waals surface area contributed by atoms with Gasteiger partial charge in [0, 0.05) is 0 Å². The van der Waals surface area contributed by atoms with Gasteiger partial charge in [-0.05, 0) is 6.42 Å². The number of esters is 1. The molecule has 0 radical (unpaired) electrons. The number of carbonyl (C=O) groups is 1. The average Bonchev–Trinajstić information content (AvgIpc) is 1.97. The Labute approximate surface area is 76.3 Å². The van der Waals surface area contributed by atoms with Crippen molar-refractivity contribution in [2.24, 2.45) is 0 Å². The minimum absolute atomic E-state index is 0.255. The van der Waals surface area contributed by atoms with Crippen LogP contribution in [0.1, 0.15) is 13.3 Å². The van der Waals surface area contributed by atoms with E-state index in [0.29, 0.717) is 0 Å². The third-order valence-corrected chi connectivity index (χ3v) is 1.11. The Hall–Kier alpha value is -1.14. The van der Waals surface area contributed by atoms with Crippen LogP contribution in [-0.4, -0.2) is 18.8 Å². The molecule has 0 N–H and O–H groups in total. The predicted molar refractivity (Wildman–Crippen MR) is 36.5 cm³/mol. The number of hydrogen-bond acceptors (Lipinski definition) is 2. The molecule has 0 bridgehead atoms. The van der Waals surface area contributed by atoms with Crippen LogP contribution >= 0.6 is 0 Å². The zero-order valence-electron chi connectivity index (χ0n) is 7.12. The Kier molecular flexibility index (Phi) is 4.52. The molecule has 0 aromatic heterocycles. The smallest absolute Gasteiger partial charge is 0.428 e. The summed E-state index contributed by atoms with van der Waals surface area (Å²) in [5.41, 5.74) is -2.54. The number of ether oxygens (including phenoxy) is 1. The first-order valence-corrected chi connectivity index (χ1v) is 3.60. The van der Waals surface area contributed by atoms with Crippen molar-refractivity contribution < 1.29 is 31.5 Å². The summed E-state index contributed by atoms with van der Waals surface area (Å²) in [7, 11) is 0. The van der Waals surface area contributed by atoms with Crippen LogP contribution in [0.15, 0.2) is 11.7 Å². The second kappa shape index (κ2) is 4.92. The average molecular weight is 218 g/mol. The van der Waals surface area contributed by atoms with E-state index in [1.54, 1.807) is 0 Å². The lowest BCUT2D eigenvalue weighted by Gasteiger charge is -2.09. The molecule has 0 heterocycles. The van der Waals surface area contributed by atoms with Crippen molar-refractivity contribution in [3.05, 3.63) is 11.7 Å². The second-order valence-electron chi connectivity index (χ2n) is 2.27. The summed E-state index contributed by atoms with van der Waals surface area (Å²) in [4.78, 5) is 10.5. The first-order valence-electron chi connectivity index (χ1n) is 3.60. The molecule has 7 heteroatoms. The standard InChI is InChI=1S/C7H7F5O2/c1-2-3-14-6(13)4(5(8)9)7(10,11)12/h2-3H2,1H3. The Morgan fingerprint density at radius 3 is 2.07 bits per heavy atom. The van der Waals surface area contributed by atoms with Crippen LogP contribution in [-0.2, 0) is 9.53 Å². The molecule has 14 heavy (non-hydrogen) atoms. The molecule has 0 unspecified atom stereocenters. The van der Waals surface area contributed by atoms with Crippen molar-refractivity contribution in [3.63, 3.8) is 0 Å². The SMILES string of the molecule is CCCOC(=O)C(=C(F)F)C(F)(F)F. The summed E-state index contributed by atoms with van der Waals surface area (Å²) >= 11 is 0. The first kappa shape index (κ1) is 12.9. The van der Waals surface area contributed by atoms with Gasteiger partial charge < -0.3 is 4.74 Å². The van der Waals surface area contributed by atoms with E-state index in [4.69, 9.17) is 0 Å². The number of carbonyl (C=O) groups excluding carboxylic acids is 1. The molecule has 0 saturated heterocycles. The van der Waals surface area contributed by atoms with Crippen LogP contribution in [0.25, 0.3) is 0 Å². The van der Waals surface area contributed by atoms with Gasteiger partial charge in [0.2, 0.25) is 5.57 Å². The minimum Gasteiger partial charge on any atom is -0.462 e. The minimum atomic E-state index is -5.39. The maximum atomic E-state index is 11.8. The number of hydrogen-bond donors (Lipinski definition) is 0. The lowest BCUT2D eigenvalue weighted by molar-refractivity contribution is -0.151. The molecule has 0 aromatic carbocycles. The Morgan fingerprint density at radius 2 is 1.79 bits per heavy atom. The molecule has 0 spiro atoms. The molecule has 0 aliphatic rings. The number of alkyl halides is 3. The normalized spacial score (nSPS) is 11.0. The molecule has 0 aliphatic carbocycles. The van der Waals surface area contributed by atoms with E-state index in [9.17, 15) is 26.7 Å². The fourth-order valence-corrected chi connectivity index (χ4v) is 0.567. The molecular weight excluding hydrogens is 211 g/mol. The van der Waals surface area contributed by atoms with Crippen molar-refractivity contribution in [2.75, 3.05) is 6.61 Å². The lowest BCUT2D eigenvalue weighted by atomic mass is 10.3. The highest BCUT2D eigenvalue weighted by Crippen LogP contribution is 2.30. The number of halogens is 5. The van der Waals surface area contributed by atoms with Crippen molar-refractivity contribution >= 4 is 5.97 Å². The van der Waals surface area contributed by atoms with Crippen LogP contribution < -0.4 is 0 Å². The van der Waals surface area contributed by atoms with Gasteiger partial charge in [0.1, 0.15) is 0 Å². The highest BCUT2D eigenvalue weighted by molar-refractivity contribution is 5.90. The molecule has 0 saturated carbocycles. The zero-order valence-corrected chi connectivity index (χ0v) is 7.12. The fourth-order valence-electron chi connectivity index (χ4n) is 0.567. The van der Waals surface area contributed by atoms with Gasteiger partial charge in [-0.1, -0.05) is 6.92 Å². The Balaban J connectivity index is 4.72. The van der Waals surface area contributed by atoms with Crippen molar-refractivity contribution in [1.82, 2.24) is 0 Å². The summed E-state index contributed by atoms with van der Waals surface area (Å²) in [5, 5.41) is 0. The van der Waals surface area contributed by atoms with Gasteiger partial charge in [0.15, 0.2) is 0 Å². The fraction of sp³-hybridized carbons (Fsp3) is 0.571. The topological polar surface area (TPSA) is 26.3 Å². The summed E-state index contributed by atoms with van der Waals surface area (Å²) < 4.78 is 62.8. The van der Waals surface area contributed by atoms with Crippen LogP contribution in [0.4, 0.5) is 22.0 Å². The largest absolute Gasteiger partial charge is 0.462 e. The highest BCUT2D eigenvalue weighted by Gasteiger charge is 2.44. The van der Waals surface area contributed by atoms with Gasteiger partial charge >= 0.3 is 12.1 Å². The summed E-state index contributed by atoms with van der Waals surface area (Å²) in [6.45, 7) is 1.20. The third kappa shape index (κ3) is 3.71. The maximum Gasteiger partial charge on any atom is 0.428 e. The van der Waals surface area contributed by atoms with Gasteiger partial charge in [0.25, 0.3) is 6.08 Å². The van der Waals surface area contributed by atoms with Gasteiger partial charge in [-0.25, -0.2) is 4.79 Å². The van der Waals surface area contributed by atoms with E-state index in [1.807, 2.05) is 0 Å². The molecule has 0 atom stereocenters. The predicted octanol–water partition coefficient (Wildman–Crippen LogP) is 2.65. The van der Waals surface area contributed by atoms with Crippen molar-refractivity contribution in [3.8, 4) is 0 Å². The van der Waals surface area contributed by atoms with E-state index in [-0.39, 0.29) is 13.0 Å². The third-order valence-electron chi connectivity index (χ3n) is 1.11. The molecule has 0 aliphatic heterocycles. The maximum absolute atomic E-state index is 11.8. The van der Waals surface area contributed by atoms with Crippen LogP contribution in [0.2, 0.25) is 0 Å². The highest BCUT2D eigenvalue weighted by atomic mass is 19.4. The summed E-state index contributed by atoms with van der Waals surface area (Å²) in [5.74, 6) is -2.04. The van der Waals surface area contributed by atoms with Gasteiger partial charge in [0.05, 0.1) is 6.61 Å². The van der Waals surface area contributed by atoms with Crippen LogP contribution in [0.3, 0.4) is 0 Å². The summed E-state index contributed by atoms with van der Waals surface area (Å²) in [6.07, 6.45) is -8.22. The van der Waals surface area contributed by atoms with Crippen LogP contribution in [0.5, 0.6) is 0 Å². The molecule has 0 amide bonds. The van der Waals surface area contributed by atoms with Crippen molar-refractivity contribution in [1.29, 1.82) is 0 Å². The lowest BCUT2D eigenvalue weighted by Crippen LogP contribution is -2.23. The zero-order chi connectivity index (χ0) is 11.4. The molecule has 82 valence electrons. The van der Waals surface area contributed by atoms with Crippen LogP contribution in [0, 0.1) is 0 Å². The first-order chi connectivity index (χ1) is 6.30. The van der Waals surface area contributed by atoms with Crippen molar-refractivity contribution in [2.45, 2.75) is 19.5 Å². The molecule has 2 nitrogen and oxygen atoms in total.